The molecule has 3 rings (SSSR count). The number of nitrogens with one attached hydrogen (secondary N) is 1. The highest BCUT2D eigenvalue weighted by Crippen LogP contribution is 2.24. The molecule has 30 heavy (non-hydrogen) atoms. The van der Waals surface area contributed by atoms with E-state index in [1.165, 1.54) is 16.7 Å². The summed E-state index contributed by atoms with van der Waals surface area (Å²) in [6.07, 6.45) is 1.01. The molecular weight excluding hydrogens is 372 g/mol. The van der Waals surface area contributed by atoms with E-state index in [0.29, 0.717) is 18.4 Å². The average molecular weight is 415 g/mol. The first-order valence-electron chi connectivity index (χ1n) is 11.8. The number of aryl methyl sites for hydroxylation is 2. The lowest BCUT2D eigenvalue weighted by atomic mass is 9.87. The zero-order valence-electron chi connectivity index (χ0n) is 19.8. The molecule has 2 aliphatic rings. The number of likely N-dealkylation sites (N-methyl/N-ethyl adjacent to an activating group) is 1. The van der Waals surface area contributed by atoms with E-state index in [-0.39, 0.29) is 11.8 Å². The molecule has 0 radical (unpaired) electrons. The summed E-state index contributed by atoms with van der Waals surface area (Å²) in [7, 11) is 2.21. The molecule has 0 aliphatic carbocycles. The number of benzene rings is 1. The van der Waals surface area contributed by atoms with Crippen molar-refractivity contribution in [1.29, 1.82) is 0 Å². The van der Waals surface area contributed by atoms with E-state index in [1.54, 1.807) is 0 Å². The zero-order valence-corrected chi connectivity index (χ0v) is 19.8. The van der Waals surface area contributed by atoms with Crippen molar-refractivity contribution < 1.29 is 4.79 Å². The van der Waals surface area contributed by atoms with Gasteiger partial charge in [-0.25, -0.2) is 0 Å². The lowest BCUT2D eigenvalue weighted by Crippen LogP contribution is -2.52. The van der Waals surface area contributed by atoms with Crippen LogP contribution >= 0.6 is 0 Å². The predicted octanol–water partition coefficient (Wildman–Crippen LogP) is 2.76. The Morgan fingerprint density at radius 1 is 1.03 bits per heavy atom. The third-order valence-electron chi connectivity index (χ3n) is 6.47. The number of likely N-dealkylation sites (tertiary alicyclic amines) is 1. The zero-order chi connectivity index (χ0) is 21.7. The minimum atomic E-state index is 0.0980. The normalized spacial score (nSPS) is 24.3. The van der Waals surface area contributed by atoms with E-state index in [9.17, 15) is 4.79 Å². The molecule has 168 valence electrons. The van der Waals surface area contributed by atoms with E-state index in [0.717, 1.165) is 58.8 Å². The largest absolute Gasteiger partial charge is 0.352 e. The maximum absolute atomic E-state index is 13.1. The second-order valence-corrected chi connectivity index (χ2v) is 10.2. The number of piperidine rings is 1. The summed E-state index contributed by atoms with van der Waals surface area (Å²) >= 11 is 0. The lowest BCUT2D eigenvalue weighted by Gasteiger charge is -2.41. The van der Waals surface area contributed by atoms with Crippen molar-refractivity contribution in [3.63, 3.8) is 0 Å². The molecule has 1 amide bonds. The molecule has 2 heterocycles. The van der Waals surface area contributed by atoms with Crippen molar-refractivity contribution in [3.8, 4) is 0 Å². The molecule has 1 aromatic rings. The highest BCUT2D eigenvalue weighted by molar-refractivity contribution is 5.79. The standard InChI is InChI=1S/C25H42N4O/c1-19(2)15-29-17-23(16-28-8-6-27(5)7-9-28)13-24(18-29)25(30)26-14-22-11-20(3)10-21(4)12-22/h10-12,19,23-24H,6-9,13-18H2,1-5H3,(H,26,30)/t23-,24-/m1/s1. The Morgan fingerprint density at radius 2 is 1.70 bits per heavy atom. The van der Waals surface area contributed by atoms with E-state index in [4.69, 9.17) is 0 Å². The summed E-state index contributed by atoms with van der Waals surface area (Å²) in [5.74, 6) is 1.54. The number of nitrogens with zero attached hydrogens (tertiary/aromatic N) is 3. The van der Waals surface area contributed by atoms with Gasteiger partial charge in [0, 0.05) is 58.9 Å². The Kier molecular flexibility index (Phi) is 8.32. The van der Waals surface area contributed by atoms with Crippen LogP contribution in [0.5, 0.6) is 0 Å². The number of piperazine rings is 1. The molecule has 2 fully saturated rings. The van der Waals surface area contributed by atoms with Crippen molar-refractivity contribution in [2.75, 3.05) is 59.4 Å². The van der Waals surface area contributed by atoms with Gasteiger partial charge in [-0.2, -0.15) is 0 Å². The average Bonchev–Trinajstić information content (AvgIpc) is 2.66. The van der Waals surface area contributed by atoms with E-state index < -0.39 is 0 Å². The van der Waals surface area contributed by atoms with Crippen LogP contribution in [0.25, 0.3) is 0 Å². The molecule has 1 N–H and O–H groups in total. The molecular formula is C25H42N4O. The van der Waals surface area contributed by atoms with Gasteiger partial charge in [-0.3, -0.25) is 4.79 Å². The van der Waals surface area contributed by atoms with Crippen molar-refractivity contribution in [2.45, 2.75) is 40.7 Å². The molecule has 5 nitrogen and oxygen atoms in total. The molecule has 5 heteroatoms. The number of carbonyl (C=O) groups is 1. The van der Waals surface area contributed by atoms with E-state index in [1.807, 2.05) is 0 Å². The van der Waals surface area contributed by atoms with Crippen LogP contribution in [-0.4, -0.2) is 80.0 Å². The first-order valence-corrected chi connectivity index (χ1v) is 11.8. The predicted molar refractivity (Wildman–Crippen MR) is 125 cm³/mol. The molecule has 2 saturated heterocycles. The third-order valence-corrected chi connectivity index (χ3v) is 6.47. The summed E-state index contributed by atoms with van der Waals surface area (Å²) in [5.41, 5.74) is 3.71. The molecule has 0 aromatic heterocycles. The molecule has 1 aromatic carbocycles. The minimum Gasteiger partial charge on any atom is -0.352 e. The van der Waals surface area contributed by atoms with Gasteiger partial charge in [0.05, 0.1) is 5.92 Å². The third kappa shape index (κ3) is 7.07. The Bertz CT molecular complexity index is 676. The van der Waals surface area contributed by atoms with E-state index >= 15 is 0 Å². The summed E-state index contributed by atoms with van der Waals surface area (Å²) in [4.78, 5) is 20.6. The maximum Gasteiger partial charge on any atom is 0.224 e. The smallest absolute Gasteiger partial charge is 0.224 e. The molecule has 0 saturated carbocycles. The van der Waals surface area contributed by atoms with Gasteiger partial charge in [-0.1, -0.05) is 43.2 Å². The maximum atomic E-state index is 13.1. The Hall–Kier alpha value is -1.43. The molecule has 0 bridgehead atoms. The second kappa shape index (κ2) is 10.7. The SMILES string of the molecule is Cc1cc(C)cc(CNC(=O)[C@@H]2C[C@H](CN3CCN(C)CC3)CN(CC(C)C)C2)c1. The van der Waals surface area contributed by atoms with Gasteiger partial charge in [-0.15, -0.1) is 0 Å². The Morgan fingerprint density at radius 3 is 2.33 bits per heavy atom. The summed E-state index contributed by atoms with van der Waals surface area (Å²) < 4.78 is 0. The number of hydrogen-bond acceptors (Lipinski definition) is 4. The van der Waals surface area contributed by atoms with Gasteiger partial charge in [0.1, 0.15) is 0 Å². The number of rotatable bonds is 7. The Balaban J connectivity index is 1.58. The number of amides is 1. The van der Waals surface area contributed by atoms with Gasteiger partial charge < -0.3 is 20.0 Å². The van der Waals surface area contributed by atoms with Gasteiger partial charge in [0.25, 0.3) is 0 Å². The highest BCUT2D eigenvalue weighted by Gasteiger charge is 2.33. The monoisotopic (exact) mass is 414 g/mol. The van der Waals surface area contributed by atoms with Crippen LogP contribution in [0.4, 0.5) is 0 Å². The van der Waals surface area contributed by atoms with Crippen molar-refractivity contribution in [1.82, 2.24) is 20.0 Å². The topological polar surface area (TPSA) is 38.8 Å². The minimum absolute atomic E-state index is 0.0980. The fourth-order valence-corrected chi connectivity index (χ4v) is 5.19. The van der Waals surface area contributed by atoms with Gasteiger partial charge in [0.2, 0.25) is 5.91 Å². The summed E-state index contributed by atoms with van der Waals surface area (Å²) in [6.45, 7) is 18.3. The second-order valence-electron chi connectivity index (χ2n) is 10.2. The Labute approximate surface area is 183 Å². The van der Waals surface area contributed by atoms with E-state index in [2.05, 4.69) is 73.0 Å². The molecule has 0 spiro atoms. The number of hydrogen-bond donors (Lipinski definition) is 1. The summed E-state index contributed by atoms with van der Waals surface area (Å²) in [5, 5.41) is 3.24. The molecule has 2 atom stereocenters. The van der Waals surface area contributed by atoms with Crippen LogP contribution in [0.1, 0.15) is 37.0 Å². The van der Waals surface area contributed by atoms with Crippen molar-refractivity contribution in [2.24, 2.45) is 17.8 Å². The number of carbonyl (C=O) groups excluding carboxylic acids is 1. The summed E-state index contributed by atoms with van der Waals surface area (Å²) in [6, 6.07) is 6.53. The first kappa shape index (κ1) is 23.2. The van der Waals surface area contributed by atoms with Crippen molar-refractivity contribution >= 4 is 5.91 Å². The quantitative estimate of drug-likeness (QED) is 0.745. The first-order chi connectivity index (χ1) is 14.3. The van der Waals surface area contributed by atoms with Crippen LogP contribution in [0.3, 0.4) is 0 Å². The fourth-order valence-electron chi connectivity index (χ4n) is 5.19. The van der Waals surface area contributed by atoms with Crippen LogP contribution in [-0.2, 0) is 11.3 Å². The van der Waals surface area contributed by atoms with Crippen LogP contribution in [0.2, 0.25) is 0 Å². The molecule has 2 aliphatic heterocycles. The van der Waals surface area contributed by atoms with Crippen molar-refractivity contribution in [3.05, 3.63) is 34.9 Å². The van der Waals surface area contributed by atoms with Gasteiger partial charge in [0.15, 0.2) is 0 Å². The van der Waals surface area contributed by atoms with Crippen LogP contribution < -0.4 is 5.32 Å². The fraction of sp³-hybridized carbons (Fsp3) is 0.720. The lowest BCUT2D eigenvalue weighted by molar-refractivity contribution is -0.128. The van der Waals surface area contributed by atoms with Gasteiger partial charge in [-0.05, 0) is 44.7 Å². The van der Waals surface area contributed by atoms with Crippen LogP contribution in [0, 0.1) is 31.6 Å². The van der Waals surface area contributed by atoms with Gasteiger partial charge >= 0.3 is 0 Å². The highest BCUT2D eigenvalue weighted by atomic mass is 16.1. The molecule has 0 unspecified atom stereocenters. The van der Waals surface area contributed by atoms with Crippen LogP contribution in [0.15, 0.2) is 18.2 Å².